The first-order valence-corrected chi connectivity index (χ1v) is 13.1. The summed E-state index contributed by atoms with van der Waals surface area (Å²) in [5.41, 5.74) is 3.36. The van der Waals surface area contributed by atoms with Gasteiger partial charge in [-0.1, -0.05) is 30.7 Å². The molecule has 9 heteroatoms. The third-order valence-corrected chi connectivity index (χ3v) is 7.38. The largest absolute Gasteiger partial charge is 0.491 e. The number of piperazine rings is 1. The van der Waals surface area contributed by atoms with Gasteiger partial charge in [-0.2, -0.15) is 10.2 Å². The maximum Gasteiger partial charge on any atom is 0.229 e. The molecule has 1 aliphatic heterocycles. The van der Waals surface area contributed by atoms with Gasteiger partial charge >= 0.3 is 0 Å². The lowest BCUT2D eigenvalue weighted by Gasteiger charge is -2.36. The van der Waals surface area contributed by atoms with Gasteiger partial charge in [0.2, 0.25) is 5.95 Å². The Morgan fingerprint density at radius 1 is 1.08 bits per heavy atom. The smallest absolute Gasteiger partial charge is 0.229 e. The summed E-state index contributed by atoms with van der Waals surface area (Å²) in [4.78, 5) is 13.9. The van der Waals surface area contributed by atoms with Crippen LogP contribution in [0.3, 0.4) is 0 Å². The highest BCUT2D eigenvalue weighted by Gasteiger charge is 2.44. The number of aromatic nitrogens is 2. The van der Waals surface area contributed by atoms with Crippen molar-refractivity contribution in [3.8, 4) is 11.8 Å². The summed E-state index contributed by atoms with van der Waals surface area (Å²) in [6.45, 7) is 7.42. The molecule has 2 N–H and O–H groups in total. The molecule has 0 bridgehead atoms. The minimum atomic E-state index is -0.352. The van der Waals surface area contributed by atoms with E-state index in [0.29, 0.717) is 22.5 Å². The van der Waals surface area contributed by atoms with Gasteiger partial charge in [-0.05, 0) is 61.7 Å². The second-order valence-corrected chi connectivity index (χ2v) is 10.0. The molecule has 1 saturated carbocycles. The summed E-state index contributed by atoms with van der Waals surface area (Å²) >= 11 is 6.69. The molecular formula is C28H32ClN7O. The van der Waals surface area contributed by atoms with Gasteiger partial charge in [-0.25, -0.2) is 4.98 Å². The van der Waals surface area contributed by atoms with Gasteiger partial charge in [0.25, 0.3) is 0 Å². The van der Waals surface area contributed by atoms with Crippen molar-refractivity contribution in [1.82, 2.24) is 14.9 Å². The van der Waals surface area contributed by atoms with Crippen LogP contribution in [0.25, 0.3) is 0 Å². The van der Waals surface area contributed by atoms with Crippen LogP contribution in [-0.2, 0) is 5.41 Å². The molecule has 0 spiro atoms. The number of nitriles is 1. The van der Waals surface area contributed by atoms with Crippen LogP contribution in [0.4, 0.5) is 28.8 Å². The fourth-order valence-electron chi connectivity index (χ4n) is 4.79. The van der Waals surface area contributed by atoms with E-state index in [4.69, 9.17) is 16.3 Å². The number of anilines is 5. The van der Waals surface area contributed by atoms with Crippen molar-refractivity contribution in [2.24, 2.45) is 0 Å². The highest BCUT2D eigenvalue weighted by molar-refractivity contribution is 6.33. The Bertz CT molecular complexity index is 1300. The first-order valence-electron chi connectivity index (χ1n) is 12.8. The Kier molecular flexibility index (Phi) is 7.36. The zero-order chi connectivity index (χ0) is 25.8. The fourth-order valence-corrected chi connectivity index (χ4v) is 5.09. The van der Waals surface area contributed by atoms with Crippen LogP contribution in [0.5, 0.6) is 5.75 Å². The SMILES string of the molecule is CCCN1CCN(c2ccc(Nc3ncc(OC)c(Nc4cccc(C5(C#N)CC5)c4)n3)cc2Cl)CC1. The standard InChI is InChI=1S/C28H32ClN7O/c1-3-11-35-12-14-36(15-13-35)24-8-7-22(17-23(24)29)33-27-31-18-25(37-2)26(34-27)32-21-6-4-5-20(16-21)28(19-30)9-10-28/h4-8,16-18H,3,9-15H2,1-2H3,(H2,31,32,33,34). The van der Waals surface area contributed by atoms with Crippen molar-refractivity contribution in [2.45, 2.75) is 31.6 Å². The molecule has 37 heavy (non-hydrogen) atoms. The molecule has 3 aromatic rings. The van der Waals surface area contributed by atoms with Gasteiger partial charge < -0.3 is 20.3 Å². The van der Waals surface area contributed by atoms with Gasteiger partial charge in [0, 0.05) is 37.6 Å². The maximum atomic E-state index is 9.56. The minimum absolute atomic E-state index is 0.352. The number of hydrogen-bond acceptors (Lipinski definition) is 8. The summed E-state index contributed by atoms with van der Waals surface area (Å²) in [6, 6.07) is 16.3. The van der Waals surface area contributed by atoms with Crippen molar-refractivity contribution in [2.75, 3.05) is 55.4 Å². The summed E-state index contributed by atoms with van der Waals surface area (Å²) in [5.74, 6) is 1.48. The van der Waals surface area contributed by atoms with Crippen molar-refractivity contribution < 1.29 is 4.74 Å². The fraction of sp³-hybridized carbons (Fsp3) is 0.393. The van der Waals surface area contributed by atoms with Gasteiger partial charge in [-0.3, -0.25) is 4.90 Å². The predicted octanol–water partition coefficient (Wildman–Crippen LogP) is 5.71. The quantitative estimate of drug-likeness (QED) is 0.373. The Balaban J connectivity index is 1.30. The lowest BCUT2D eigenvalue weighted by molar-refractivity contribution is 0.258. The van der Waals surface area contributed by atoms with E-state index >= 15 is 0 Å². The molecule has 2 fully saturated rings. The molecular weight excluding hydrogens is 486 g/mol. The lowest BCUT2D eigenvalue weighted by atomic mass is 9.97. The Labute approximate surface area is 223 Å². The van der Waals surface area contributed by atoms with E-state index in [1.54, 1.807) is 13.3 Å². The molecule has 8 nitrogen and oxygen atoms in total. The molecule has 0 amide bonds. The summed E-state index contributed by atoms with van der Waals surface area (Å²) < 4.78 is 5.48. The highest BCUT2D eigenvalue weighted by Crippen LogP contribution is 2.48. The number of halogens is 1. The van der Waals surface area contributed by atoms with E-state index in [1.807, 2.05) is 36.4 Å². The molecule has 0 unspecified atom stereocenters. The normalized spacial score (nSPS) is 16.6. The van der Waals surface area contributed by atoms with Crippen LogP contribution in [0.15, 0.2) is 48.7 Å². The molecule has 0 radical (unpaired) electrons. The van der Waals surface area contributed by atoms with E-state index in [9.17, 15) is 5.26 Å². The van der Waals surface area contributed by atoms with Crippen LogP contribution in [0.2, 0.25) is 5.02 Å². The number of nitrogens with zero attached hydrogens (tertiary/aromatic N) is 5. The molecule has 0 atom stereocenters. The van der Waals surface area contributed by atoms with Crippen LogP contribution >= 0.6 is 11.6 Å². The van der Waals surface area contributed by atoms with Crippen molar-refractivity contribution in [3.63, 3.8) is 0 Å². The highest BCUT2D eigenvalue weighted by atomic mass is 35.5. The van der Waals surface area contributed by atoms with Gasteiger partial charge in [0.15, 0.2) is 11.6 Å². The third-order valence-electron chi connectivity index (χ3n) is 7.07. The number of ether oxygens (including phenoxy) is 1. The summed E-state index contributed by atoms with van der Waals surface area (Å²) in [7, 11) is 1.59. The Hall–Kier alpha value is -3.54. The molecule has 1 aliphatic carbocycles. The van der Waals surface area contributed by atoms with E-state index in [-0.39, 0.29) is 5.41 Å². The Morgan fingerprint density at radius 3 is 2.54 bits per heavy atom. The second kappa shape index (κ2) is 10.8. The van der Waals surface area contributed by atoms with Gasteiger partial charge in [0.05, 0.1) is 35.5 Å². The predicted molar refractivity (Wildman–Crippen MR) is 149 cm³/mol. The van der Waals surface area contributed by atoms with Crippen LogP contribution in [0.1, 0.15) is 31.7 Å². The zero-order valence-corrected chi connectivity index (χ0v) is 22.1. The average molecular weight is 518 g/mol. The summed E-state index contributed by atoms with van der Waals surface area (Å²) in [6.07, 6.45) is 4.60. The topological polar surface area (TPSA) is 89.3 Å². The van der Waals surface area contributed by atoms with Crippen molar-refractivity contribution in [1.29, 1.82) is 5.26 Å². The number of benzene rings is 2. The zero-order valence-electron chi connectivity index (χ0n) is 21.3. The van der Waals surface area contributed by atoms with Crippen LogP contribution in [-0.4, -0.2) is 54.7 Å². The first-order chi connectivity index (χ1) is 18.0. The van der Waals surface area contributed by atoms with E-state index in [1.165, 1.54) is 6.42 Å². The summed E-state index contributed by atoms with van der Waals surface area (Å²) in [5, 5.41) is 16.8. The lowest BCUT2D eigenvalue weighted by Crippen LogP contribution is -2.46. The third kappa shape index (κ3) is 5.58. The Morgan fingerprint density at radius 2 is 1.86 bits per heavy atom. The first kappa shape index (κ1) is 25.1. The molecule has 2 aliphatic rings. The second-order valence-electron chi connectivity index (χ2n) is 9.63. The minimum Gasteiger partial charge on any atom is -0.491 e. The number of methoxy groups -OCH3 is 1. The van der Waals surface area contributed by atoms with Crippen LogP contribution in [0, 0.1) is 11.3 Å². The average Bonchev–Trinajstić information content (AvgIpc) is 3.72. The number of hydrogen-bond donors (Lipinski definition) is 2. The number of rotatable bonds is 9. The van der Waals surface area contributed by atoms with E-state index in [0.717, 1.165) is 68.2 Å². The van der Waals surface area contributed by atoms with Crippen molar-refractivity contribution >= 4 is 40.4 Å². The molecule has 2 heterocycles. The molecule has 2 aromatic carbocycles. The van der Waals surface area contributed by atoms with Crippen LogP contribution < -0.4 is 20.3 Å². The van der Waals surface area contributed by atoms with E-state index < -0.39 is 0 Å². The molecule has 1 aromatic heterocycles. The maximum absolute atomic E-state index is 9.56. The molecule has 192 valence electrons. The van der Waals surface area contributed by atoms with Crippen molar-refractivity contribution in [3.05, 3.63) is 59.2 Å². The molecule has 5 rings (SSSR count). The molecule has 1 saturated heterocycles. The number of nitrogens with one attached hydrogen (secondary N) is 2. The van der Waals surface area contributed by atoms with Gasteiger partial charge in [0.1, 0.15) is 0 Å². The monoisotopic (exact) mass is 517 g/mol. The van der Waals surface area contributed by atoms with Gasteiger partial charge in [-0.15, -0.1) is 0 Å². The van der Waals surface area contributed by atoms with E-state index in [2.05, 4.69) is 49.5 Å².